The summed E-state index contributed by atoms with van der Waals surface area (Å²) in [7, 11) is 0. The van der Waals surface area contributed by atoms with E-state index in [1.165, 1.54) is 0 Å². The Kier molecular flexibility index (Phi) is 7.77. The lowest BCUT2D eigenvalue weighted by molar-refractivity contribution is 0.132. The van der Waals surface area contributed by atoms with Crippen LogP contribution in [-0.2, 0) is 0 Å². The van der Waals surface area contributed by atoms with E-state index in [4.69, 9.17) is 9.47 Å². The van der Waals surface area contributed by atoms with Crippen LogP contribution in [0.5, 0.6) is 23.0 Å². The Morgan fingerprint density at radius 2 is 0.694 bits per heavy atom. The Balaban J connectivity index is 1.15. The molecule has 8 rings (SSSR count). The van der Waals surface area contributed by atoms with Gasteiger partial charge in [-0.1, -0.05) is 121 Å². The molecular formula is C45H36O4. The highest BCUT2D eigenvalue weighted by atomic mass is 16.5. The summed E-state index contributed by atoms with van der Waals surface area (Å²) < 4.78 is 13.5. The molecule has 4 nitrogen and oxygen atoms in total. The molecule has 2 N–H and O–H groups in total. The van der Waals surface area contributed by atoms with E-state index < -0.39 is 0 Å². The van der Waals surface area contributed by atoms with Crippen LogP contribution in [0.15, 0.2) is 146 Å². The van der Waals surface area contributed by atoms with Gasteiger partial charge < -0.3 is 19.7 Å². The maximum atomic E-state index is 11.3. The van der Waals surface area contributed by atoms with Crippen molar-refractivity contribution in [2.75, 3.05) is 0 Å². The normalized spacial score (nSPS) is 12.8. The number of ether oxygens (including phenoxy) is 2. The van der Waals surface area contributed by atoms with Gasteiger partial charge in [0.25, 0.3) is 0 Å². The van der Waals surface area contributed by atoms with Crippen LogP contribution in [0.25, 0.3) is 65.3 Å². The first kappa shape index (κ1) is 30.3. The second kappa shape index (κ2) is 12.6. The van der Waals surface area contributed by atoms with Crippen LogP contribution >= 0.6 is 0 Å². The monoisotopic (exact) mass is 640 g/mol. The molecule has 0 fully saturated rings. The van der Waals surface area contributed by atoms with Crippen LogP contribution in [0.1, 0.15) is 20.3 Å². The van der Waals surface area contributed by atoms with Crippen LogP contribution in [0.4, 0.5) is 0 Å². The van der Waals surface area contributed by atoms with Gasteiger partial charge in [-0.15, -0.1) is 0 Å². The van der Waals surface area contributed by atoms with Crippen molar-refractivity contribution in [3.8, 4) is 45.3 Å². The van der Waals surface area contributed by atoms with Gasteiger partial charge in [-0.2, -0.15) is 0 Å². The molecule has 0 aliphatic heterocycles. The highest BCUT2D eigenvalue weighted by Gasteiger charge is 2.23. The lowest BCUT2D eigenvalue weighted by atomic mass is 9.92. The Morgan fingerprint density at radius 1 is 0.388 bits per heavy atom. The molecule has 49 heavy (non-hydrogen) atoms. The van der Waals surface area contributed by atoms with E-state index in [2.05, 4.69) is 62.4 Å². The van der Waals surface area contributed by atoms with Gasteiger partial charge in [0.1, 0.15) is 23.0 Å². The molecule has 2 atom stereocenters. The van der Waals surface area contributed by atoms with Crippen molar-refractivity contribution in [2.24, 2.45) is 0 Å². The van der Waals surface area contributed by atoms with Crippen molar-refractivity contribution in [3.63, 3.8) is 0 Å². The number of fused-ring (bicyclic) bond motifs is 4. The van der Waals surface area contributed by atoms with E-state index in [9.17, 15) is 10.2 Å². The number of phenols is 2. The summed E-state index contributed by atoms with van der Waals surface area (Å²) in [5.41, 5.74) is 3.27. The van der Waals surface area contributed by atoms with E-state index in [0.717, 1.165) is 65.3 Å². The standard InChI is InChI=1S/C45H36O4/c1-28(48-40-25-21-32-13-5-9-17-36(32)44(40)42-34-15-7-3-11-30(34)19-23-38(42)46)27-29(2)49-41-26-22-33-14-6-10-18-37(33)45(41)43-35-16-8-4-12-31(35)20-24-39(43)47/h3-26,28-29,46-47H,27H2,1-2H3/t28-,29-/m1/s1. The summed E-state index contributed by atoms with van der Waals surface area (Å²) in [5, 5.41) is 30.8. The quantitative estimate of drug-likeness (QED) is 0.173. The number of benzene rings is 8. The second-order valence-corrected chi connectivity index (χ2v) is 12.8. The molecule has 0 spiro atoms. The number of phenolic OH excluding ortho intramolecular Hbond substituents is 2. The topological polar surface area (TPSA) is 58.9 Å². The summed E-state index contributed by atoms with van der Waals surface area (Å²) in [4.78, 5) is 0. The minimum absolute atomic E-state index is 0.213. The van der Waals surface area contributed by atoms with Gasteiger partial charge in [0.2, 0.25) is 0 Å². The van der Waals surface area contributed by atoms with Crippen LogP contribution in [0.2, 0.25) is 0 Å². The summed E-state index contributed by atoms with van der Waals surface area (Å²) >= 11 is 0. The molecule has 240 valence electrons. The molecule has 0 saturated carbocycles. The number of hydrogen-bond donors (Lipinski definition) is 2. The number of rotatable bonds is 8. The van der Waals surface area contributed by atoms with Gasteiger partial charge in [-0.25, -0.2) is 0 Å². The fourth-order valence-corrected chi connectivity index (χ4v) is 7.26. The first-order chi connectivity index (χ1) is 24.0. The third-order valence-electron chi connectivity index (χ3n) is 9.42. The van der Waals surface area contributed by atoms with Crippen LogP contribution in [0.3, 0.4) is 0 Å². The molecule has 0 saturated heterocycles. The van der Waals surface area contributed by atoms with Crippen LogP contribution < -0.4 is 9.47 Å². The average Bonchev–Trinajstić information content (AvgIpc) is 3.12. The Hall–Kier alpha value is -6.00. The van der Waals surface area contributed by atoms with Gasteiger partial charge in [0, 0.05) is 28.7 Å². The zero-order chi connectivity index (χ0) is 33.5. The van der Waals surface area contributed by atoms with Crippen LogP contribution in [0, 0.1) is 0 Å². The predicted octanol–water partition coefficient (Wildman–Crippen LogP) is 11.7. The minimum atomic E-state index is -0.220. The summed E-state index contributed by atoms with van der Waals surface area (Å²) in [6.45, 7) is 4.11. The largest absolute Gasteiger partial charge is 0.507 e. The first-order valence-corrected chi connectivity index (χ1v) is 16.8. The Bertz CT molecular complexity index is 2320. The van der Waals surface area contributed by atoms with Crippen molar-refractivity contribution >= 4 is 43.1 Å². The molecule has 0 unspecified atom stereocenters. The SMILES string of the molecule is C[C@H](C[C@@H](C)Oc1ccc2ccccc2c1-c1c(O)ccc2ccccc12)Oc1ccc2ccccc2c1-c1c(O)ccc2ccccc12. The van der Waals surface area contributed by atoms with Crippen molar-refractivity contribution in [3.05, 3.63) is 146 Å². The van der Waals surface area contributed by atoms with Gasteiger partial charge >= 0.3 is 0 Å². The number of hydrogen-bond acceptors (Lipinski definition) is 4. The molecule has 0 aliphatic carbocycles. The molecule has 0 aliphatic rings. The molecule has 8 aromatic carbocycles. The van der Waals surface area contributed by atoms with Gasteiger partial charge in [-0.3, -0.25) is 0 Å². The number of aromatic hydroxyl groups is 2. The molecule has 0 radical (unpaired) electrons. The summed E-state index contributed by atoms with van der Waals surface area (Å²) in [6, 6.07) is 48.2. The van der Waals surface area contributed by atoms with Gasteiger partial charge in [-0.05, 0) is 81.2 Å². The summed E-state index contributed by atoms with van der Waals surface area (Å²) in [6.07, 6.45) is 0.158. The minimum Gasteiger partial charge on any atom is -0.507 e. The molecule has 8 aromatic rings. The Labute approximate surface area is 285 Å². The zero-order valence-electron chi connectivity index (χ0n) is 27.4. The third-order valence-corrected chi connectivity index (χ3v) is 9.42. The van der Waals surface area contributed by atoms with E-state index in [0.29, 0.717) is 17.9 Å². The highest BCUT2D eigenvalue weighted by molar-refractivity contribution is 6.11. The fourth-order valence-electron chi connectivity index (χ4n) is 7.26. The lowest BCUT2D eigenvalue weighted by Gasteiger charge is -2.24. The van der Waals surface area contributed by atoms with E-state index >= 15 is 0 Å². The van der Waals surface area contributed by atoms with Gasteiger partial charge in [0.05, 0.1) is 12.2 Å². The fraction of sp³-hybridized carbons (Fsp3) is 0.111. The van der Waals surface area contributed by atoms with Crippen molar-refractivity contribution in [1.29, 1.82) is 0 Å². The predicted molar refractivity (Wildman–Crippen MR) is 202 cm³/mol. The lowest BCUT2D eigenvalue weighted by Crippen LogP contribution is -2.23. The first-order valence-electron chi connectivity index (χ1n) is 16.8. The van der Waals surface area contributed by atoms with Crippen molar-refractivity contribution in [1.82, 2.24) is 0 Å². The Morgan fingerprint density at radius 3 is 1.06 bits per heavy atom. The maximum absolute atomic E-state index is 11.3. The zero-order valence-corrected chi connectivity index (χ0v) is 27.4. The van der Waals surface area contributed by atoms with Crippen molar-refractivity contribution in [2.45, 2.75) is 32.5 Å². The van der Waals surface area contributed by atoms with E-state index in [-0.39, 0.29) is 23.7 Å². The highest BCUT2D eigenvalue weighted by Crippen LogP contribution is 2.47. The molecule has 0 bridgehead atoms. The molecule has 0 amide bonds. The van der Waals surface area contributed by atoms with E-state index in [1.807, 2.05) is 84.9 Å². The van der Waals surface area contributed by atoms with Gasteiger partial charge in [0.15, 0.2) is 0 Å². The van der Waals surface area contributed by atoms with Crippen molar-refractivity contribution < 1.29 is 19.7 Å². The molecule has 4 heteroatoms. The molecule has 0 aromatic heterocycles. The molecular weight excluding hydrogens is 604 g/mol. The molecule has 0 heterocycles. The maximum Gasteiger partial charge on any atom is 0.128 e. The van der Waals surface area contributed by atoms with Crippen LogP contribution in [-0.4, -0.2) is 22.4 Å². The summed E-state index contributed by atoms with van der Waals surface area (Å²) in [5.74, 6) is 1.84. The average molecular weight is 641 g/mol. The smallest absolute Gasteiger partial charge is 0.128 e. The van der Waals surface area contributed by atoms with E-state index in [1.54, 1.807) is 12.1 Å². The second-order valence-electron chi connectivity index (χ2n) is 12.8. The third kappa shape index (κ3) is 5.55.